The lowest BCUT2D eigenvalue weighted by atomic mass is 10.2. The van der Waals surface area contributed by atoms with E-state index >= 15 is 0 Å². The Balaban J connectivity index is 1.66. The first kappa shape index (κ1) is 25.0. The molecule has 0 spiro atoms. The summed E-state index contributed by atoms with van der Waals surface area (Å²) in [4.78, 5) is 24.9. The predicted molar refractivity (Wildman–Crippen MR) is 127 cm³/mol. The van der Waals surface area contributed by atoms with Gasteiger partial charge in [0.1, 0.15) is 5.75 Å². The second-order valence-corrected chi connectivity index (χ2v) is 9.93. The SMILES string of the molecule is CCOc1ccc(S(=O)(=O)N2CCCCC2)cc1NC(=O)CCNC(=O)c1ccccc1Cl. The van der Waals surface area contributed by atoms with Crippen molar-refractivity contribution in [1.29, 1.82) is 0 Å². The summed E-state index contributed by atoms with van der Waals surface area (Å²) in [6.07, 6.45) is 2.67. The van der Waals surface area contributed by atoms with Crippen molar-refractivity contribution in [3.8, 4) is 5.75 Å². The minimum atomic E-state index is -3.66. The number of carbonyl (C=O) groups is 2. The van der Waals surface area contributed by atoms with Crippen molar-refractivity contribution in [2.45, 2.75) is 37.5 Å². The van der Waals surface area contributed by atoms with Crippen molar-refractivity contribution < 1.29 is 22.7 Å². The number of nitrogens with zero attached hydrogens (tertiary/aromatic N) is 1. The van der Waals surface area contributed by atoms with E-state index < -0.39 is 10.0 Å². The number of nitrogens with one attached hydrogen (secondary N) is 2. The molecule has 0 aliphatic carbocycles. The third-order valence-electron chi connectivity index (χ3n) is 5.23. The summed E-state index contributed by atoms with van der Waals surface area (Å²) >= 11 is 6.02. The number of rotatable bonds is 9. The van der Waals surface area contributed by atoms with Gasteiger partial charge >= 0.3 is 0 Å². The number of anilines is 1. The molecule has 3 rings (SSSR count). The minimum absolute atomic E-state index is 0.00907. The molecule has 0 aromatic heterocycles. The molecule has 0 atom stereocenters. The van der Waals surface area contributed by atoms with Gasteiger partial charge in [-0.1, -0.05) is 30.2 Å². The van der Waals surface area contributed by atoms with Gasteiger partial charge in [0.25, 0.3) is 5.91 Å². The summed E-state index contributed by atoms with van der Waals surface area (Å²) in [5.41, 5.74) is 0.603. The molecular formula is C23H28ClN3O5S. The fourth-order valence-electron chi connectivity index (χ4n) is 3.55. The number of sulfonamides is 1. The van der Waals surface area contributed by atoms with E-state index in [1.807, 2.05) is 0 Å². The normalized spacial score (nSPS) is 14.5. The van der Waals surface area contributed by atoms with Crippen LogP contribution in [0.5, 0.6) is 5.75 Å². The van der Waals surface area contributed by atoms with E-state index in [4.69, 9.17) is 16.3 Å². The average Bonchev–Trinajstić information content (AvgIpc) is 2.81. The van der Waals surface area contributed by atoms with Crippen LogP contribution in [0, 0.1) is 0 Å². The first-order chi connectivity index (χ1) is 15.8. The molecule has 1 aliphatic rings. The van der Waals surface area contributed by atoms with E-state index in [0.29, 0.717) is 36.0 Å². The average molecular weight is 494 g/mol. The van der Waals surface area contributed by atoms with Crippen LogP contribution in [0.25, 0.3) is 0 Å². The van der Waals surface area contributed by atoms with Crippen LogP contribution in [0.4, 0.5) is 5.69 Å². The zero-order valence-corrected chi connectivity index (χ0v) is 20.0. The van der Waals surface area contributed by atoms with E-state index in [2.05, 4.69) is 10.6 Å². The van der Waals surface area contributed by atoms with Crippen LogP contribution in [0.3, 0.4) is 0 Å². The molecule has 33 heavy (non-hydrogen) atoms. The Hall–Kier alpha value is -2.62. The molecule has 2 amide bonds. The van der Waals surface area contributed by atoms with Crippen molar-refractivity contribution in [2.75, 3.05) is 31.6 Å². The highest BCUT2D eigenvalue weighted by Crippen LogP contribution is 2.30. The number of hydrogen-bond donors (Lipinski definition) is 2. The summed E-state index contributed by atoms with van der Waals surface area (Å²) in [7, 11) is -3.66. The Morgan fingerprint density at radius 1 is 1.09 bits per heavy atom. The Kier molecular flexibility index (Phi) is 8.71. The molecule has 1 fully saturated rings. The van der Waals surface area contributed by atoms with Gasteiger partial charge < -0.3 is 15.4 Å². The largest absolute Gasteiger partial charge is 0.492 e. The van der Waals surface area contributed by atoms with Crippen LogP contribution in [-0.4, -0.2) is 50.8 Å². The Morgan fingerprint density at radius 2 is 1.82 bits per heavy atom. The lowest BCUT2D eigenvalue weighted by Gasteiger charge is -2.26. The Bertz CT molecular complexity index is 1100. The highest BCUT2D eigenvalue weighted by molar-refractivity contribution is 7.89. The number of ether oxygens (including phenoxy) is 1. The lowest BCUT2D eigenvalue weighted by molar-refractivity contribution is -0.116. The second kappa shape index (κ2) is 11.5. The summed E-state index contributed by atoms with van der Waals surface area (Å²) < 4.78 is 33.1. The van der Waals surface area contributed by atoms with Gasteiger partial charge in [0.05, 0.1) is 27.8 Å². The zero-order valence-electron chi connectivity index (χ0n) is 18.5. The van der Waals surface area contributed by atoms with Crippen molar-refractivity contribution in [3.63, 3.8) is 0 Å². The summed E-state index contributed by atoms with van der Waals surface area (Å²) in [6, 6.07) is 11.1. The maximum atomic E-state index is 13.0. The molecule has 1 aliphatic heterocycles. The van der Waals surface area contributed by atoms with Gasteiger partial charge in [-0.3, -0.25) is 9.59 Å². The molecule has 0 saturated carbocycles. The summed E-state index contributed by atoms with van der Waals surface area (Å²) in [5.74, 6) is -0.385. The predicted octanol–water partition coefficient (Wildman–Crippen LogP) is 3.67. The molecule has 10 heteroatoms. The Morgan fingerprint density at radius 3 is 2.52 bits per heavy atom. The fourth-order valence-corrected chi connectivity index (χ4v) is 5.31. The van der Waals surface area contributed by atoms with Crippen LogP contribution in [0.2, 0.25) is 5.02 Å². The molecule has 2 aromatic carbocycles. The molecule has 178 valence electrons. The number of benzene rings is 2. The number of amides is 2. The quantitative estimate of drug-likeness (QED) is 0.554. The highest BCUT2D eigenvalue weighted by atomic mass is 35.5. The number of carbonyl (C=O) groups excluding carboxylic acids is 2. The lowest BCUT2D eigenvalue weighted by Crippen LogP contribution is -2.35. The minimum Gasteiger partial charge on any atom is -0.492 e. The summed E-state index contributed by atoms with van der Waals surface area (Å²) in [5, 5.41) is 5.69. The molecular weight excluding hydrogens is 466 g/mol. The van der Waals surface area contributed by atoms with E-state index in [9.17, 15) is 18.0 Å². The van der Waals surface area contributed by atoms with Crippen molar-refractivity contribution in [3.05, 3.63) is 53.1 Å². The number of piperidine rings is 1. The van der Waals surface area contributed by atoms with Crippen LogP contribution in [0.1, 0.15) is 43.0 Å². The van der Waals surface area contributed by atoms with Crippen molar-refractivity contribution in [2.24, 2.45) is 0 Å². The van der Waals surface area contributed by atoms with Gasteiger partial charge in [-0.25, -0.2) is 8.42 Å². The molecule has 1 saturated heterocycles. The van der Waals surface area contributed by atoms with Crippen LogP contribution < -0.4 is 15.4 Å². The maximum absolute atomic E-state index is 13.0. The molecule has 1 heterocycles. The van der Waals surface area contributed by atoms with Gasteiger partial charge in [0.2, 0.25) is 15.9 Å². The molecule has 2 N–H and O–H groups in total. The van der Waals surface area contributed by atoms with Crippen LogP contribution >= 0.6 is 11.6 Å². The van der Waals surface area contributed by atoms with Gasteiger partial charge in [-0.2, -0.15) is 4.31 Å². The number of halogens is 1. The van der Waals surface area contributed by atoms with Gasteiger partial charge in [0.15, 0.2) is 0 Å². The standard InChI is InChI=1S/C23H28ClN3O5S/c1-2-32-21-11-10-17(33(30,31)27-14-6-3-7-15-27)16-20(21)26-22(28)12-13-25-23(29)18-8-4-5-9-19(18)24/h4-5,8-11,16H,2-3,6-7,12-15H2,1H3,(H,25,29)(H,26,28). The van der Waals surface area contributed by atoms with E-state index in [0.717, 1.165) is 19.3 Å². The number of hydrogen-bond acceptors (Lipinski definition) is 5. The van der Waals surface area contributed by atoms with Crippen LogP contribution in [0.15, 0.2) is 47.4 Å². The van der Waals surface area contributed by atoms with Crippen molar-refractivity contribution in [1.82, 2.24) is 9.62 Å². The Labute approximate surface area is 199 Å². The first-order valence-electron chi connectivity index (χ1n) is 10.9. The molecule has 2 aromatic rings. The summed E-state index contributed by atoms with van der Waals surface area (Å²) in [6.45, 7) is 3.22. The smallest absolute Gasteiger partial charge is 0.252 e. The third-order valence-corrected chi connectivity index (χ3v) is 7.46. The van der Waals surface area contributed by atoms with Gasteiger partial charge in [-0.05, 0) is 50.1 Å². The monoisotopic (exact) mass is 493 g/mol. The fraction of sp³-hybridized carbons (Fsp3) is 0.391. The van der Waals surface area contributed by atoms with E-state index in [1.165, 1.54) is 16.4 Å². The van der Waals surface area contributed by atoms with Gasteiger partial charge in [-0.15, -0.1) is 0 Å². The van der Waals surface area contributed by atoms with E-state index in [1.54, 1.807) is 37.3 Å². The van der Waals surface area contributed by atoms with Crippen molar-refractivity contribution >= 4 is 39.1 Å². The highest BCUT2D eigenvalue weighted by Gasteiger charge is 2.27. The maximum Gasteiger partial charge on any atom is 0.252 e. The second-order valence-electron chi connectivity index (χ2n) is 7.59. The zero-order chi connectivity index (χ0) is 23.8. The first-order valence-corrected chi connectivity index (χ1v) is 12.7. The van der Waals surface area contributed by atoms with E-state index in [-0.39, 0.29) is 35.4 Å². The molecule has 0 unspecified atom stereocenters. The molecule has 8 nitrogen and oxygen atoms in total. The van der Waals surface area contributed by atoms with Gasteiger partial charge in [0, 0.05) is 26.1 Å². The molecule has 0 bridgehead atoms. The topological polar surface area (TPSA) is 105 Å². The van der Waals surface area contributed by atoms with Crippen LogP contribution in [-0.2, 0) is 14.8 Å². The third kappa shape index (κ3) is 6.46. The molecule has 0 radical (unpaired) electrons.